The predicted molar refractivity (Wildman–Crippen MR) is 308 cm³/mol. The molecular formula is C58H82N8O14S2. The maximum Gasteiger partial charge on any atom is 0.246 e. The van der Waals surface area contributed by atoms with Crippen LogP contribution in [0.25, 0.3) is 20.9 Å². The average Bonchev–Trinajstić information content (AvgIpc) is 4.30. The number of likely N-dealkylation sites (tertiary alicyclic amines) is 2. The number of thiazole rings is 2. The lowest BCUT2D eigenvalue weighted by Crippen LogP contribution is -2.58. The van der Waals surface area contributed by atoms with Gasteiger partial charge in [-0.1, -0.05) is 90.1 Å². The van der Waals surface area contributed by atoms with E-state index in [2.05, 4.69) is 31.2 Å². The van der Waals surface area contributed by atoms with Gasteiger partial charge in [0.2, 0.25) is 35.4 Å². The summed E-state index contributed by atoms with van der Waals surface area (Å²) in [6.07, 6.45) is -1.62. The second-order valence-corrected chi connectivity index (χ2v) is 24.2. The largest absolute Gasteiger partial charge is 0.391 e. The molecule has 6 N–H and O–H groups in total. The number of aromatic nitrogens is 2. The summed E-state index contributed by atoms with van der Waals surface area (Å²) in [6, 6.07) is 11.9. The Labute approximate surface area is 488 Å². The van der Waals surface area contributed by atoms with Gasteiger partial charge in [-0.05, 0) is 46.9 Å². The Bertz CT molecular complexity index is 2510. The first-order valence-corrected chi connectivity index (χ1v) is 29.4. The summed E-state index contributed by atoms with van der Waals surface area (Å²) in [5, 5.41) is 32.5. The second-order valence-electron chi connectivity index (χ2n) is 22.4. The second kappa shape index (κ2) is 31.7. The maximum absolute atomic E-state index is 13.9. The molecule has 2 aromatic heterocycles. The standard InChI is InChI=1S/C58H82N8O14S2/c1-37-49(81-35-61-37)41-13-9-39(10-14-41)29-59-53(71)45-27-43(67)31-65(45)55(73)51(57(3,4)5)63-47(69)33-79-25-23-77-21-19-75-17-18-76-20-22-78-24-26-80-34-48(70)64-52(58(6,7)8)56(74)66-32-44(68)28-46(66)54(72)60-30-40-11-15-42(16-12-40)50-38(2)62-36-82-50/h9-16,35-36,43-46,51-52,67-68H,17-34H2,1-8H3,(H,59,71)(H,60,72)(H,63,69)(H,64,70)/t43-,44-,45-,46-,51+,52+/m0/s1. The first-order valence-electron chi connectivity index (χ1n) is 27.7. The Morgan fingerprint density at radius 3 is 1.15 bits per heavy atom. The highest BCUT2D eigenvalue weighted by Gasteiger charge is 2.46. The summed E-state index contributed by atoms with van der Waals surface area (Å²) in [7, 11) is 0. The Balaban J connectivity index is 0.763. The van der Waals surface area contributed by atoms with E-state index in [-0.39, 0.29) is 104 Å². The quantitative estimate of drug-likeness (QED) is 0.0393. The maximum atomic E-state index is 13.9. The van der Waals surface area contributed by atoms with E-state index in [9.17, 15) is 39.0 Å². The molecule has 6 rings (SSSR count). The number of aliphatic hydroxyl groups excluding tert-OH is 2. The number of carbonyl (C=O) groups excluding carboxylic acids is 6. The van der Waals surface area contributed by atoms with Crippen molar-refractivity contribution < 1.29 is 67.4 Å². The number of aliphatic hydroxyl groups is 2. The van der Waals surface area contributed by atoms with Crippen molar-refractivity contribution in [2.45, 2.75) is 118 Å². The molecule has 6 atom stereocenters. The number of rotatable bonds is 31. The summed E-state index contributed by atoms with van der Waals surface area (Å²) < 4.78 is 33.2. The molecule has 24 heteroatoms. The molecule has 4 aromatic rings. The van der Waals surface area contributed by atoms with Crippen molar-refractivity contribution in [1.29, 1.82) is 0 Å². The number of aryl methyl sites for hydroxylation is 2. The van der Waals surface area contributed by atoms with E-state index in [0.717, 1.165) is 43.4 Å². The van der Waals surface area contributed by atoms with Gasteiger partial charge in [-0.3, -0.25) is 28.8 Å². The SMILES string of the molecule is Cc1ncsc1-c1ccc(CNC(=O)[C@@H]2C[C@H](O)CN2C(=O)[C@@H](NC(=O)COCCOCCOCCOCCOCCOCC(=O)N[C@H](C(=O)N2C[C@@H](O)C[C@H]2C(=O)NCc2ccc(-c3scnc3C)cc2)C(C)(C)C)C(C)(C)C)cc1. The zero-order valence-corrected chi connectivity index (χ0v) is 50.0. The van der Waals surface area contributed by atoms with E-state index in [1.54, 1.807) is 33.7 Å². The molecule has 2 aromatic carbocycles. The number of ether oxygens (including phenoxy) is 6. The minimum atomic E-state index is -0.988. The smallest absolute Gasteiger partial charge is 0.246 e. The molecule has 2 aliphatic rings. The van der Waals surface area contributed by atoms with Crippen molar-refractivity contribution in [3.8, 4) is 20.9 Å². The van der Waals surface area contributed by atoms with E-state index < -0.39 is 70.8 Å². The van der Waals surface area contributed by atoms with Crippen molar-refractivity contribution in [1.82, 2.24) is 41.0 Å². The predicted octanol–water partition coefficient (Wildman–Crippen LogP) is 3.57. The molecule has 0 unspecified atom stereocenters. The van der Waals surface area contributed by atoms with Gasteiger partial charge in [0.05, 0.1) is 110 Å². The molecule has 0 saturated carbocycles. The molecule has 0 spiro atoms. The van der Waals surface area contributed by atoms with Gasteiger partial charge in [-0.25, -0.2) is 9.97 Å². The molecule has 0 bridgehead atoms. The van der Waals surface area contributed by atoms with Gasteiger partial charge in [-0.15, -0.1) is 22.7 Å². The van der Waals surface area contributed by atoms with Crippen LogP contribution in [0.1, 0.15) is 76.9 Å². The van der Waals surface area contributed by atoms with Crippen molar-refractivity contribution in [3.05, 3.63) is 82.1 Å². The number of carbonyl (C=O) groups is 6. The van der Waals surface area contributed by atoms with Crippen LogP contribution in [-0.2, 0) is 70.3 Å². The zero-order valence-electron chi connectivity index (χ0n) is 48.4. The van der Waals surface area contributed by atoms with Gasteiger partial charge in [0.25, 0.3) is 0 Å². The van der Waals surface area contributed by atoms with Gasteiger partial charge in [0.1, 0.15) is 37.4 Å². The Morgan fingerprint density at radius 1 is 0.537 bits per heavy atom. The van der Waals surface area contributed by atoms with E-state index in [1.807, 2.05) is 104 Å². The number of hydrogen-bond acceptors (Lipinski definition) is 18. The van der Waals surface area contributed by atoms with E-state index in [1.165, 1.54) is 9.80 Å². The minimum Gasteiger partial charge on any atom is -0.391 e. The third kappa shape index (κ3) is 19.9. The number of β-amino-alcohol motifs (C(OH)–C–C–N with tert-alkyl or cyclic N) is 2. The van der Waals surface area contributed by atoms with E-state index in [4.69, 9.17) is 28.4 Å². The molecule has 22 nitrogen and oxygen atoms in total. The number of benzene rings is 2. The van der Waals surface area contributed by atoms with Crippen LogP contribution < -0.4 is 21.3 Å². The molecular weight excluding hydrogens is 1100 g/mol. The van der Waals surface area contributed by atoms with Gasteiger partial charge >= 0.3 is 0 Å². The zero-order chi connectivity index (χ0) is 59.4. The van der Waals surface area contributed by atoms with Crippen LogP contribution >= 0.6 is 22.7 Å². The summed E-state index contributed by atoms with van der Waals surface area (Å²) >= 11 is 3.12. The third-order valence-corrected chi connectivity index (χ3v) is 15.7. The fourth-order valence-corrected chi connectivity index (χ4v) is 10.9. The van der Waals surface area contributed by atoms with E-state index >= 15 is 0 Å². The third-order valence-electron chi connectivity index (χ3n) is 13.7. The lowest BCUT2D eigenvalue weighted by atomic mass is 9.85. The highest BCUT2D eigenvalue weighted by molar-refractivity contribution is 7.13. The average molecular weight is 1180 g/mol. The fraction of sp³-hybridized carbons (Fsp3) is 0.586. The van der Waals surface area contributed by atoms with Gasteiger partial charge in [0, 0.05) is 39.0 Å². The molecule has 2 aliphatic heterocycles. The summed E-state index contributed by atoms with van der Waals surface area (Å²) in [6.45, 7) is 17.1. The topological polar surface area (TPSA) is 279 Å². The van der Waals surface area contributed by atoms with Crippen LogP contribution in [0.4, 0.5) is 0 Å². The molecule has 4 heterocycles. The minimum absolute atomic E-state index is 0.0349. The first kappa shape index (κ1) is 65.4. The highest BCUT2D eigenvalue weighted by atomic mass is 32.1. The Morgan fingerprint density at radius 2 is 0.854 bits per heavy atom. The lowest BCUT2D eigenvalue weighted by Gasteiger charge is -2.35. The molecule has 2 saturated heterocycles. The molecule has 82 heavy (non-hydrogen) atoms. The van der Waals surface area contributed by atoms with Crippen LogP contribution in [0.2, 0.25) is 0 Å². The number of nitrogens with zero attached hydrogens (tertiary/aromatic N) is 4. The van der Waals surface area contributed by atoms with Crippen LogP contribution in [-0.4, -0.2) is 194 Å². The van der Waals surface area contributed by atoms with E-state index in [0.29, 0.717) is 26.4 Å². The van der Waals surface area contributed by atoms with Crippen LogP contribution in [0, 0.1) is 24.7 Å². The summed E-state index contributed by atoms with van der Waals surface area (Å²) in [5.41, 5.74) is 7.90. The molecule has 2 fully saturated rings. The summed E-state index contributed by atoms with van der Waals surface area (Å²) in [5.74, 6) is -2.72. The number of amides is 6. The van der Waals surface area contributed by atoms with Crippen molar-refractivity contribution in [2.75, 3.05) is 92.4 Å². The Hall–Kier alpha value is -5.80. The molecule has 0 radical (unpaired) electrons. The first-order chi connectivity index (χ1) is 39.1. The van der Waals surface area contributed by atoms with Gasteiger partial charge in [-0.2, -0.15) is 0 Å². The van der Waals surface area contributed by atoms with Crippen LogP contribution in [0.3, 0.4) is 0 Å². The number of hydrogen-bond donors (Lipinski definition) is 6. The lowest BCUT2D eigenvalue weighted by molar-refractivity contribution is -0.144. The molecule has 6 amide bonds. The van der Waals surface area contributed by atoms with Crippen molar-refractivity contribution in [3.63, 3.8) is 0 Å². The normalized spacial score (nSPS) is 18.1. The molecule has 450 valence electrons. The fourth-order valence-electron chi connectivity index (χ4n) is 9.29. The summed E-state index contributed by atoms with van der Waals surface area (Å²) in [4.78, 5) is 94.2. The highest BCUT2D eigenvalue weighted by Crippen LogP contribution is 2.31. The van der Waals surface area contributed by atoms with Gasteiger partial charge in [0.15, 0.2) is 0 Å². The van der Waals surface area contributed by atoms with Crippen molar-refractivity contribution >= 4 is 58.1 Å². The van der Waals surface area contributed by atoms with Crippen molar-refractivity contribution in [2.24, 2.45) is 10.8 Å². The van der Waals surface area contributed by atoms with Crippen LogP contribution in [0.5, 0.6) is 0 Å². The molecule has 0 aliphatic carbocycles. The monoisotopic (exact) mass is 1180 g/mol. The van der Waals surface area contributed by atoms with Crippen LogP contribution in [0.15, 0.2) is 59.6 Å². The Kier molecular flexibility index (Phi) is 25.3. The van der Waals surface area contributed by atoms with Gasteiger partial charge < -0.3 is 69.7 Å². The number of nitrogens with one attached hydrogen (secondary N) is 4.